The van der Waals surface area contributed by atoms with Crippen LogP contribution in [0.2, 0.25) is 0 Å². The van der Waals surface area contributed by atoms with Gasteiger partial charge in [-0.2, -0.15) is 0 Å². The zero-order valence-electron chi connectivity index (χ0n) is 34.3. The molecule has 2 aromatic rings. The smallest absolute Gasteiger partial charge is 0.374 e. The van der Waals surface area contributed by atoms with Crippen LogP contribution >= 0.6 is 0 Å². The number of carbonyl (C=O) groups excluding carboxylic acids is 7. The second-order valence-electron chi connectivity index (χ2n) is 14.2. The normalized spacial score (nSPS) is 13.6. The van der Waals surface area contributed by atoms with E-state index in [-0.39, 0.29) is 16.5 Å². The number of fused-ring (bicyclic) bond motifs is 1. The number of H-pyrrole nitrogens is 1. The molecule has 14 N–H and O–H groups in total. The summed E-state index contributed by atoms with van der Waals surface area (Å²) >= 11 is 0. The predicted octanol–water partition coefficient (Wildman–Crippen LogP) is -3.75. The summed E-state index contributed by atoms with van der Waals surface area (Å²) in [7, 11) is 0. The van der Waals surface area contributed by atoms with Crippen LogP contribution in [-0.2, 0) is 68.7 Å². The van der Waals surface area contributed by atoms with Gasteiger partial charge in [-0.25, -0.2) is 18.4 Å². The molecule has 2 rings (SSSR count). The number of carbonyl (C=O) groups is 14. The van der Waals surface area contributed by atoms with Crippen LogP contribution in [-0.4, -0.2) is 166 Å². The van der Waals surface area contributed by atoms with E-state index in [4.69, 9.17) is 5.11 Å². The fourth-order valence-electron chi connectivity index (χ4n) is 6.12. The van der Waals surface area contributed by atoms with Crippen LogP contribution in [0.4, 0.5) is 8.78 Å². The first-order valence-electron chi connectivity index (χ1n) is 18.9. The predicted molar refractivity (Wildman–Crippen MR) is 210 cm³/mol. The average Bonchev–Trinajstić information content (AvgIpc) is 3.61. The molecule has 1 aromatic heterocycles. The lowest BCUT2D eigenvalue weighted by Crippen LogP contribution is -2.60. The minimum absolute atomic E-state index is 0.107. The number of halogens is 2. The number of carboxylic acid groups (broad SMARTS) is 7. The van der Waals surface area contributed by atoms with Gasteiger partial charge < -0.3 is 72.6 Å². The largest absolute Gasteiger partial charge is 0.481 e. The third-order valence-electron chi connectivity index (χ3n) is 9.13. The molecule has 0 unspecified atom stereocenters. The minimum Gasteiger partial charge on any atom is -0.481 e. The number of Topliss-reactive ketones (excluding diaryl/α,β-unsaturated/α-hetero) is 1. The zero-order valence-corrected chi connectivity index (χ0v) is 34.3. The number of benzene rings is 1. The lowest BCUT2D eigenvalue weighted by atomic mass is 9.97. The van der Waals surface area contributed by atoms with Gasteiger partial charge in [0.25, 0.3) is 5.78 Å². The SMILES string of the molecule is CC(=O)N[C@@H](CC(=O)O)C(=O)N[C@H](CC(C(=O)O)C(=O)O)C(=O)N[C@@H](Cc1c[nH]c2cccc(C(=O)O)c12)C(=O)N[C@@H](CC(=O)O)C(=O)N[C@@H](CC(=O)O)C(=O)N[C@@H](CC(F)F)C(=O)C(=O)O. The Morgan fingerprint density at radius 3 is 1.39 bits per heavy atom. The second kappa shape index (κ2) is 24.5. The van der Waals surface area contributed by atoms with Crippen molar-refractivity contribution in [1.82, 2.24) is 36.9 Å². The van der Waals surface area contributed by atoms with E-state index in [1.54, 1.807) is 10.6 Å². The Labute approximate surface area is 371 Å². The first-order chi connectivity index (χ1) is 31.1. The molecular formula is C37H41F2N7O21. The molecule has 0 spiro atoms. The van der Waals surface area contributed by atoms with Crippen molar-refractivity contribution in [3.63, 3.8) is 0 Å². The molecule has 28 nitrogen and oxygen atoms in total. The first-order valence-corrected chi connectivity index (χ1v) is 18.9. The van der Waals surface area contributed by atoms with Crippen molar-refractivity contribution in [1.29, 1.82) is 0 Å². The van der Waals surface area contributed by atoms with Crippen molar-refractivity contribution in [3.05, 3.63) is 35.5 Å². The van der Waals surface area contributed by atoms with Gasteiger partial charge >= 0.3 is 41.8 Å². The fourth-order valence-corrected chi connectivity index (χ4v) is 6.12. The monoisotopic (exact) mass is 957 g/mol. The summed E-state index contributed by atoms with van der Waals surface area (Å²) in [5.74, 6) is -27.1. The summed E-state index contributed by atoms with van der Waals surface area (Å²) < 4.78 is 26.3. The highest BCUT2D eigenvalue weighted by Gasteiger charge is 2.39. The number of carboxylic acids is 7. The van der Waals surface area contributed by atoms with Crippen molar-refractivity contribution in [2.24, 2.45) is 5.92 Å². The summed E-state index contributed by atoms with van der Waals surface area (Å²) in [5, 5.41) is 77.3. The minimum atomic E-state index is -3.41. The Morgan fingerprint density at radius 2 is 0.970 bits per heavy atom. The van der Waals surface area contributed by atoms with E-state index >= 15 is 0 Å². The van der Waals surface area contributed by atoms with Crippen molar-refractivity contribution in [2.45, 2.75) is 88.1 Å². The lowest BCUT2D eigenvalue weighted by molar-refractivity contribution is -0.156. The van der Waals surface area contributed by atoms with Crippen LogP contribution in [0.1, 0.15) is 54.9 Å². The number of amides is 6. The number of hydrogen-bond donors (Lipinski definition) is 14. The third-order valence-corrected chi connectivity index (χ3v) is 9.13. The Hall–Kier alpha value is -8.60. The highest BCUT2D eigenvalue weighted by molar-refractivity contribution is 6.35. The number of aromatic nitrogens is 1. The molecule has 0 aliphatic rings. The maximum Gasteiger partial charge on any atom is 0.374 e. The highest BCUT2D eigenvalue weighted by Crippen LogP contribution is 2.24. The highest BCUT2D eigenvalue weighted by atomic mass is 19.3. The molecule has 0 aliphatic heterocycles. The number of hydrogen-bond acceptors (Lipinski definition) is 14. The Morgan fingerprint density at radius 1 is 0.552 bits per heavy atom. The van der Waals surface area contributed by atoms with E-state index < -0.39 is 176 Å². The Kier molecular flexibility index (Phi) is 19.9. The van der Waals surface area contributed by atoms with Crippen molar-refractivity contribution in [3.8, 4) is 0 Å². The molecule has 0 saturated heterocycles. The van der Waals surface area contributed by atoms with Crippen molar-refractivity contribution >= 4 is 93.9 Å². The van der Waals surface area contributed by atoms with Gasteiger partial charge in [0.2, 0.25) is 41.9 Å². The molecule has 1 heterocycles. The van der Waals surface area contributed by atoms with Gasteiger partial charge in [0, 0.05) is 43.3 Å². The quantitative estimate of drug-likeness (QED) is 0.0288. The molecule has 6 atom stereocenters. The molecule has 0 saturated carbocycles. The van der Waals surface area contributed by atoms with Gasteiger partial charge in [0.15, 0.2) is 5.92 Å². The molecule has 6 amide bonds. The zero-order chi connectivity index (χ0) is 51.0. The molecule has 0 fully saturated rings. The van der Waals surface area contributed by atoms with Gasteiger partial charge in [-0.05, 0) is 17.7 Å². The first kappa shape index (κ1) is 54.5. The second-order valence-corrected chi connectivity index (χ2v) is 14.2. The van der Waals surface area contributed by atoms with Gasteiger partial charge in [0.1, 0.15) is 36.3 Å². The van der Waals surface area contributed by atoms with E-state index in [0.717, 1.165) is 19.2 Å². The van der Waals surface area contributed by atoms with Gasteiger partial charge in [-0.3, -0.25) is 57.5 Å². The van der Waals surface area contributed by atoms with Crippen LogP contribution in [0.5, 0.6) is 0 Å². The summed E-state index contributed by atoms with van der Waals surface area (Å²) in [6.07, 6.45) is -10.1. The molecule has 0 aliphatic carbocycles. The number of aromatic carboxylic acids is 1. The van der Waals surface area contributed by atoms with E-state index in [1.165, 1.54) is 12.1 Å². The Bertz CT molecular complexity index is 2300. The summed E-state index contributed by atoms with van der Waals surface area (Å²) in [6, 6.07) is -10.0. The van der Waals surface area contributed by atoms with E-state index in [2.05, 4.69) is 4.98 Å². The molecule has 30 heteroatoms. The number of rotatable bonds is 28. The number of alkyl halides is 2. The van der Waals surface area contributed by atoms with Crippen molar-refractivity contribution < 1.29 is 112 Å². The van der Waals surface area contributed by atoms with Gasteiger partial charge in [-0.15, -0.1) is 0 Å². The molecule has 1 aromatic carbocycles. The van der Waals surface area contributed by atoms with Crippen LogP contribution in [0.25, 0.3) is 10.9 Å². The maximum absolute atomic E-state index is 14.1. The maximum atomic E-state index is 14.1. The topological polar surface area (TPSA) is 469 Å². The van der Waals surface area contributed by atoms with E-state index in [0.29, 0.717) is 0 Å². The van der Waals surface area contributed by atoms with Gasteiger partial charge in [-0.1, -0.05) is 6.07 Å². The molecule has 67 heavy (non-hydrogen) atoms. The third kappa shape index (κ3) is 16.8. The van der Waals surface area contributed by atoms with E-state index in [1.807, 2.05) is 21.3 Å². The van der Waals surface area contributed by atoms with E-state index in [9.17, 15) is 107 Å². The lowest BCUT2D eigenvalue weighted by Gasteiger charge is -2.27. The van der Waals surface area contributed by atoms with Crippen LogP contribution < -0.4 is 31.9 Å². The van der Waals surface area contributed by atoms with Crippen LogP contribution in [0, 0.1) is 5.92 Å². The summed E-state index contributed by atoms with van der Waals surface area (Å²) in [4.78, 5) is 176. The summed E-state index contributed by atoms with van der Waals surface area (Å²) in [5.41, 5.74) is -0.406. The fraction of sp³-hybridized carbons (Fsp3) is 0.405. The number of aliphatic carboxylic acids is 6. The van der Waals surface area contributed by atoms with Crippen molar-refractivity contribution in [2.75, 3.05) is 0 Å². The summed E-state index contributed by atoms with van der Waals surface area (Å²) in [6.45, 7) is 0.858. The molecular weight excluding hydrogens is 916 g/mol. The number of aromatic amines is 1. The molecule has 0 bridgehead atoms. The van der Waals surface area contributed by atoms with Crippen LogP contribution in [0.15, 0.2) is 24.4 Å². The molecule has 0 radical (unpaired) electrons. The average molecular weight is 958 g/mol. The van der Waals surface area contributed by atoms with Gasteiger partial charge in [0.05, 0.1) is 24.8 Å². The number of nitrogens with one attached hydrogen (secondary N) is 7. The molecule has 364 valence electrons. The van der Waals surface area contributed by atoms with Crippen LogP contribution in [0.3, 0.4) is 0 Å². The standard InChI is InChI=1S/C37H41F2N7O21/c1-12(47)41-20(8-24(48)49)31(57)44-19(6-15(35(62)63)36(64)65)30(56)43-18(5-13-11-40-16-4-2-3-14(27(13)16)34(60)61)29(55)45-22(10-26(52)53)33(59)46-21(9-25(50)51)32(58)42-17(7-23(38)39)28(54)37(66)67/h2-4,11,15,17-23,40H,5-10H2,1H3,(H,41,47)(H,42,58)(H,43,56)(H,44,57)(H,45,55)(H,46,59)(H,48,49)(H,50,51)(H,52,53)(H,60,61)(H,62,63)(H,64,65)(H,66,67)/t17-,18-,19+,20-,21-,22-/m0/s1. The number of ketones is 1. The Balaban J connectivity index is 2.72.